The van der Waals surface area contributed by atoms with Crippen LogP contribution in [0.25, 0.3) is 0 Å². The van der Waals surface area contributed by atoms with Crippen molar-refractivity contribution in [1.82, 2.24) is 9.78 Å². The Morgan fingerprint density at radius 2 is 1.92 bits per heavy atom. The Balaban J connectivity index is 2.04. The molecule has 0 aliphatic heterocycles. The minimum Gasteiger partial charge on any atom is -0.457 e. The maximum absolute atomic E-state index is 12.3. The van der Waals surface area contributed by atoms with Gasteiger partial charge in [0.05, 0.1) is 6.54 Å². The number of nitrogens with zero attached hydrogens (tertiary/aromatic N) is 2. The molecular formula is C17H21N3O4. The van der Waals surface area contributed by atoms with E-state index in [-0.39, 0.29) is 6.54 Å². The number of amides is 1. The number of hydrogen-bond donors (Lipinski definition) is 1. The predicted molar refractivity (Wildman–Crippen MR) is 88.4 cm³/mol. The van der Waals surface area contributed by atoms with Gasteiger partial charge in [-0.25, -0.2) is 9.59 Å². The van der Waals surface area contributed by atoms with E-state index in [1.807, 2.05) is 6.07 Å². The minimum atomic E-state index is -1.10. The molecule has 1 aromatic carbocycles. The zero-order valence-corrected chi connectivity index (χ0v) is 13.9. The Morgan fingerprint density at radius 3 is 2.50 bits per heavy atom. The van der Waals surface area contributed by atoms with Gasteiger partial charge < -0.3 is 9.47 Å². The molecule has 7 heteroatoms. The zero-order valence-electron chi connectivity index (χ0n) is 13.9. The van der Waals surface area contributed by atoms with Crippen LogP contribution in [0.3, 0.4) is 0 Å². The van der Waals surface area contributed by atoms with E-state index < -0.39 is 23.8 Å². The molecule has 1 aromatic heterocycles. The summed E-state index contributed by atoms with van der Waals surface area (Å²) < 4.78 is 12.1. The number of para-hydroxylation sites is 1. The molecule has 0 saturated carbocycles. The summed E-state index contributed by atoms with van der Waals surface area (Å²) in [5.41, 5.74) is -0.108. The summed E-state index contributed by atoms with van der Waals surface area (Å²) in [5, 5.41) is 6.59. The molecule has 7 nitrogen and oxygen atoms in total. The number of hydrogen-bond acceptors (Lipinski definition) is 5. The number of esters is 1. The van der Waals surface area contributed by atoms with Crippen molar-refractivity contribution in [2.45, 2.75) is 39.0 Å². The first-order chi connectivity index (χ1) is 11.3. The molecule has 1 amide bonds. The lowest BCUT2D eigenvalue weighted by atomic mass is 10.2. The Hall–Kier alpha value is -2.83. The molecule has 1 atom stereocenters. The number of carbonyl (C=O) groups excluding carboxylic acids is 2. The van der Waals surface area contributed by atoms with E-state index in [0.29, 0.717) is 5.69 Å². The summed E-state index contributed by atoms with van der Waals surface area (Å²) in [6, 6.07) is 10.6. The third-order valence-corrected chi connectivity index (χ3v) is 2.85. The molecule has 0 fully saturated rings. The van der Waals surface area contributed by atoms with Crippen molar-refractivity contribution in [2.75, 3.05) is 5.32 Å². The molecule has 0 aliphatic rings. The summed E-state index contributed by atoms with van der Waals surface area (Å²) in [6.07, 6.45) is 1.42. The van der Waals surface area contributed by atoms with E-state index in [0.717, 1.165) is 0 Å². The van der Waals surface area contributed by atoms with Crippen molar-refractivity contribution < 1.29 is 19.1 Å². The van der Waals surface area contributed by atoms with Gasteiger partial charge in [-0.1, -0.05) is 18.2 Å². The fraction of sp³-hybridized carbons (Fsp3) is 0.353. The summed E-state index contributed by atoms with van der Waals surface area (Å²) in [5.74, 6) is -0.624. The number of ether oxygens (including phenoxy) is 2. The number of anilines is 1. The second kappa shape index (κ2) is 7.63. The first-order valence-corrected chi connectivity index (χ1v) is 7.56. The highest BCUT2D eigenvalue weighted by Crippen LogP contribution is 2.12. The highest BCUT2D eigenvalue weighted by molar-refractivity contribution is 5.87. The van der Waals surface area contributed by atoms with Gasteiger partial charge in [-0.15, -0.1) is 0 Å². The van der Waals surface area contributed by atoms with Gasteiger partial charge >= 0.3 is 12.1 Å². The van der Waals surface area contributed by atoms with Crippen LogP contribution in [0, 0.1) is 0 Å². The summed E-state index contributed by atoms with van der Waals surface area (Å²) in [6.45, 7) is 5.32. The molecule has 0 aliphatic carbocycles. The van der Waals surface area contributed by atoms with Crippen LogP contribution in [-0.2, 0) is 20.8 Å². The normalized spacial score (nSPS) is 12.3. The van der Waals surface area contributed by atoms with Crippen molar-refractivity contribution >= 4 is 17.7 Å². The van der Waals surface area contributed by atoms with E-state index in [1.54, 1.807) is 63.5 Å². The second-order valence-electron chi connectivity index (χ2n) is 6.15. The van der Waals surface area contributed by atoms with E-state index in [9.17, 15) is 9.59 Å². The average molecular weight is 331 g/mol. The van der Waals surface area contributed by atoms with Gasteiger partial charge in [-0.2, -0.15) is 5.10 Å². The van der Waals surface area contributed by atoms with Crippen molar-refractivity contribution in [3.63, 3.8) is 0 Å². The van der Waals surface area contributed by atoms with Crippen molar-refractivity contribution in [2.24, 2.45) is 0 Å². The van der Waals surface area contributed by atoms with Crippen molar-refractivity contribution in [1.29, 1.82) is 0 Å². The Labute approximate surface area is 140 Å². The number of carbonyl (C=O) groups is 2. The highest BCUT2D eigenvalue weighted by atomic mass is 16.6. The van der Waals surface area contributed by atoms with Gasteiger partial charge in [-0.3, -0.25) is 10.00 Å². The molecule has 0 radical (unpaired) electrons. The van der Waals surface area contributed by atoms with Crippen LogP contribution in [0.15, 0.2) is 48.8 Å². The summed E-state index contributed by atoms with van der Waals surface area (Å²) in [7, 11) is 0. The van der Waals surface area contributed by atoms with Gasteiger partial charge in [0.15, 0.2) is 0 Å². The molecule has 1 heterocycles. The highest BCUT2D eigenvalue weighted by Gasteiger charge is 2.29. The molecular weight excluding hydrogens is 310 g/mol. The smallest absolute Gasteiger partial charge is 0.412 e. The van der Waals surface area contributed by atoms with Gasteiger partial charge in [0.25, 0.3) is 0 Å². The largest absolute Gasteiger partial charge is 0.457 e. The maximum atomic E-state index is 12.3. The molecule has 1 N–H and O–H groups in total. The quantitative estimate of drug-likeness (QED) is 0.852. The number of nitrogens with one attached hydrogen (secondary N) is 1. The van der Waals surface area contributed by atoms with Gasteiger partial charge in [0, 0.05) is 18.1 Å². The lowest BCUT2D eigenvalue weighted by Gasteiger charge is -2.24. The molecule has 128 valence electrons. The SMILES string of the molecule is CC(C)(C)OC(=O)C(Cn1cccn1)OC(=O)Nc1ccccc1. The number of benzene rings is 1. The third-order valence-electron chi connectivity index (χ3n) is 2.85. The van der Waals surface area contributed by atoms with Crippen LogP contribution in [0.5, 0.6) is 0 Å². The Bertz CT molecular complexity index is 663. The Morgan fingerprint density at radius 1 is 1.21 bits per heavy atom. The van der Waals surface area contributed by atoms with Crippen LogP contribution >= 0.6 is 0 Å². The molecule has 24 heavy (non-hydrogen) atoms. The van der Waals surface area contributed by atoms with E-state index in [2.05, 4.69) is 10.4 Å². The standard InChI is InChI=1S/C17H21N3O4/c1-17(2,3)24-15(21)14(12-20-11-7-10-18-20)23-16(22)19-13-8-5-4-6-9-13/h4-11,14H,12H2,1-3H3,(H,19,22). The second-order valence-corrected chi connectivity index (χ2v) is 6.15. The maximum Gasteiger partial charge on any atom is 0.412 e. The fourth-order valence-corrected chi connectivity index (χ4v) is 1.90. The van der Waals surface area contributed by atoms with Crippen LogP contribution < -0.4 is 5.32 Å². The lowest BCUT2D eigenvalue weighted by molar-refractivity contribution is -0.165. The van der Waals surface area contributed by atoms with Gasteiger partial charge in [0.1, 0.15) is 5.60 Å². The number of aromatic nitrogens is 2. The molecule has 0 spiro atoms. The minimum absolute atomic E-state index is 0.0735. The predicted octanol–water partition coefficient (Wildman–Crippen LogP) is 2.84. The fourth-order valence-electron chi connectivity index (χ4n) is 1.90. The van der Waals surface area contributed by atoms with Crippen LogP contribution in [0.4, 0.5) is 10.5 Å². The van der Waals surface area contributed by atoms with Crippen LogP contribution in [0.1, 0.15) is 20.8 Å². The molecule has 1 unspecified atom stereocenters. The molecule has 0 bridgehead atoms. The van der Waals surface area contributed by atoms with Crippen LogP contribution in [-0.4, -0.2) is 33.5 Å². The summed E-state index contributed by atoms with van der Waals surface area (Å²) in [4.78, 5) is 24.4. The lowest BCUT2D eigenvalue weighted by Crippen LogP contribution is -2.38. The average Bonchev–Trinajstić information content (AvgIpc) is 2.99. The monoisotopic (exact) mass is 331 g/mol. The molecule has 2 aromatic rings. The molecule has 0 saturated heterocycles. The topological polar surface area (TPSA) is 82.5 Å². The van der Waals surface area contributed by atoms with E-state index >= 15 is 0 Å². The van der Waals surface area contributed by atoms with Crippen molar-refractivity contribution in [3.05, 3.63) is 48.8 Å². The first-order valence-electron chi connectivity index (χ1n) is 7.56. The van der Waals surface area contributed by atoms with E-state index in [4.69, 9.17) is 9.47 Å². The van der Waals surface area contributed by atoms with Crippen molar-refractivity contribution in [3.8, 4) is 0 Å². The zero-order chi connectivity index (χ0) is 17.6. The molecule has 2 rings (SSSR count). The Kier molecular flexibility index (Phi) is 5.57. The summed E-state index contributed by atoms with van der Waals surface area (Å²) >= 11 is 0. The van der Waals surface area contributed by atoms with Gasteiger partial charge in [-0.05, 0) is 39.0 Å². The number of rotatable bonds is 5. The first kappa shape index (κ1) is 17.5. The van der Waals surface area contributed by atoms with E-state index in [1.165, 1.54) is 4.68 Å². The van der Waals surface area contributed by atoms with Crippen LogP contribution in [0.2, 0.25) is 0 Å². The van der Waals surface area contributed by atoms with Gasteiger partial charge in [0.2, 0.25) is 6.10 Å². The third kappa shape index (κ3) is 5.75.